The van der Waals surface area contributed by atoms with Crippen molar-refractivity contribution in [2.45, 2.75) is 13.0 Å². The molecule has 4 nitrogen and oxygen atoms in total. The van der Waals surface area contributed by atoms with Crippen LogP contribution in [0.15, 0.2) is 12.1 Å². The highest BCUT2D eigenvalue weighted by Crippen LogP contribution is 2.29. The molecule has 1 rings (SSSR count). The lowest BCUT2D eigenvalue weighted by Crippen LogP contribution is -2.12. The molecule has 0 spiro atoms. The number of benzene rings is 1. The molecule has 82 valence electrons. The number of hydrogen-bond acceptors (Lipinski definition) is 3. The number of aliphatic hydroxyl groups is 1. The summed E-state index contributed by atoms with van der Waals surface area (Å²) in [4.78, 5) is 10.6. The lowest BCUT2D eigenvalue weighted by atomic mass is 10.0. The van der Waals surface area contributed by atoms with Gasteiger partial charge in [-0.15, -0.1) is 0 Å². The largest absolute Gasteiger partial charge is 0.496 e. The zero-order valence-electron chi connectivity index (χ0n) is 8.32. The van der Waals surface area contributed by atoms with Crippen molar-refractivity contribution in [3.05, 3.63) is 29.1 Å². The van der Waals surface area contributed by atoms with Crippen molar-refractivity contribution in [2.24, 2.45) is 0 Å². The molecule has 1 aromatic carbocycles. The van der Waals surface area contributed by atoms with Crippen LogP contribution in [0.1, 0.15) is 17.2 Å². The van der Waals surface area contributed by atoms with E-state index in [1.54, 1.807) is 6.92 Å². The van der Waals surface area contributed by atoms with Crippen LogP contribution in [-0.2, 0) is 4.79 Å². The summed E-state index contributed by atoms with van der Waals surface area (Å²) in [7, 11) is 1.33. The summed E-state index contributed by atoms with van der Waals surface area (Å²) < 4.78 is 17.9. The van der Waals surface area contributed by atoms with Crippen molar-refractivity contribution < 1.29 is 24.1 Å². The third-order valence-corrected chi connectivity index (χ3v) is 2.00. The Morgan fingerprint density at radius 3 is 2.60 bits per heavy atom. The Labute approximate surface area is 85.9 Å². The van der Waals surface area contributed by atoms with Crippen LogP contribution in [-0.4, -0.2) is 23.3 Å². The monoisotopic (exact) mass is 214 g/mol. The fourth-order valence-corrected chi connectivity index (χ4v) is 1.37. The maximum atomic E-state index is 13.0. The van der Waals surface area contributed by atoms with Crippen LogP contribution in [0.4, 0.5) is 4.39 Å². The Morgan fingerprint density at radius 2 is 2.13 bits per heavy atom. The SMILES string of the molecule is COc1c(C)cc(F)cc1C(O)C(=O)O. The van der Waals surface area contributed by atoms with Crippen LogP contribution in [0.25, 0.3) is 0 Å². The lowest BCUT2D eigenvalue weighted by Gasteiger charge is -2.13. The Kier molecular flexibility index (Phi) is 3.26. The van der Waals surface area contributed by atoms with Gasteiger partial charge in [0.2, 0.25) is 0 Å². The number of carboxylic acid groups (broad SMARTS) is 1. The molecule has 0 fully saturated rings. The Balaban J connectivity index is 3.32. The van der Waals surface area contributed by atoms with E-state index in [0.29, 0.717) is 5.56 Å². The summed E-state index contributed by atoms with van der Waals surface area (Å²) in [6.45, 7) is 1.57. The quantitative estimate of drug-likeness (QED) is 0.794. The number of carboxylic acids is 1. The fourth-order valence-electron chi connectivity index (χ4n) is 1.37. The highest BCUT2D eigenvalue weighted by molar-refractivity contribution is 5.75. The van der Waals surface area contributed by atoms with Crippen molar-refractivity contribution >= 4 is 5.97 Å². The van der Waals surface area contributed by atoms with E-state index in [1.165, 1.54) is 13.2 Å². The Morgan fingerprint density at radius 1 is 1.53 bits per heavy atom. The third-order valence-electron chi connectivity index (χ3n) is 2.00. The first-order valence-electron chi connectivity index (χ1n) is 4.22. The van der Waals surface area contributed by atoms with E-state index < -0.39 is 17.9 Å². The minimum absolute atomic E-state index is 0.0810. The van der Waals surface area contributed by atoms with E-state index >= 15 is 0 Å². The first kappa shape index (κ1) is 11.5. The van der Waals surface area contributed by atoms with Crippen LogP contribution >= 0.6 is 0 Å². The molecule has 0 bridgehead atoms. The van der Waals surface area contributed by atoms with E-state index in [4.69, 9.17) is 9.84 Å². The molecule has 1 atom stereocenters. The molecular formula is C10H11FO4. The smallest absolute Gasteiger partial charge is 0.337 e. The average molecular weight is 214 g/mol. The van der Waals surface area contributed by atoms with Crippen LogP contribution in [0, 0.1) is 12.7 Å². The molecule has 0 saturated carbocycles. The number of halogens is 1. The molecule has 0 saturated heterocycles. The van der Waals surface area contributed by atoms with Gasteiger partial charge >= 0.3 is 5.97 Å². The molecule has 2 N–H and O–H groups in total. The second-order valence-corrected chi connectivity index (χ2v) is 3.09. The molecule has 0 amide bonds. The summed E-state index contributed by atoms with van der Waals surface area (Å²) in [5.74, 6) is -1.87. The van der Waals surface area contributed by atoms with Gasteiger partial charge < -0.3 is 14.9 Å². The first-order valence-corrected chi connectivity index (χ1v) is 4.22. The standard InChI is InChI=1S/C10H11FO4/c1-5-3-6(11)4-7(9(5)15-2)8(12)10(13)14/h3-4,8,12H,1-2H3,(H,13,14). The highest BCUT2D eigenvalue weighted by atomic mass is 19.1. The number of aliphatic carboxylic acids is 1. The van der Waals surface area contributed by atoms with E-state index in [-0.39, 0.29) is 11.3 Å². The van der Waals surface area contributed by atoms with Gasteiger partial charge in [-0.1, -0.05) is 0 Å². The fraction of sp³-hybridized carbons (Fsp3) is 0.300. The van der Waals surface area contributed by atoms with E-state index in [9.17, 15) is 14.3 Å². The number of methoxy groups -OCH3 is 1. The summed E-state index contributed by atoms with van der Waals surface area (Å²) in [5.41, 5.74) is 0.357. The zero-order valence-corrected chi connectivity index (χ0v) is 8.32. The van der Waals surface area contributed by atoms with E-state index in [1.807, 2.05) is 0 Å². The molecule has 0 aliphatic carbocycles. The molecule has 0 aromatic heterocycles. The second-order valence-electron chi connectivity index (χ2n) is 3.09. The van der Waals surface area contributed by atoms with Gasteiger partial charge in [-0.2, -0.15) is 0 Å². The molecule has 5 heteroatoms. The molecule has 1 aromatic rings. The summed E-state index contributed by atoms with van der Waals surface area (Å²) >= 11 is 0. The number of aryl methyl sites for hydroxylation is 1. The number of ether oxygens (including phenoxy) is 1. The van der Waals surface area contributed by atoms with Crippen molar-refractivity contribution in [3.8, 4) is 5.75 Å². The summed E-state index contributed by atoms with van der Waals surface area (Å²) in [6, 6.07) is 2.15. The third kappa shape index (κ3) is 2.24. The van der Waals surface area contributed by atoms with Crippen LogP contribution in [0.3, 0.4) is 0 Å². The van der Waals surface area contributed by atoms with Gasteiger partial charge in [-0.25, -0.2) is 9.18 Å². The molecule has 0 aliphatic rings. The van der Waals surface area contributed by atoms with Gasteiger partial charge in [-0.3, -0.25) is 0 Å². The molecule has 0 aliphatic heterocycles. The van der Waals surface area contributed by atoms with Gasteiger partial charge in [0, 0.05) is 5.56 Å². The lowest BCUT2D eigenvalue weighted by molar-refractivity contribution is -0.147. The van der Waals surface area contributed by atoms with Gasteiger partial charge in [0.1, 0.15) is 11.6 Å². The van der Waals surface area contributed by atoms with Crippen LogP contribution in [0.2, 0.25) is 0 Å². The van der Waals surface area contributed by atoms with E-state index in [2.05, 4.69) is 0 Å². The normalized spacial score (nSPS) is 12.3. The van der Waals surface area contributed by atoms with E-state index in [0.717, 1.165) is 6.07 Å². The maximum absolute atomic E-state index is 13.0. The summed E-state index contributed by atoms with van der Waals surface area (Å²) in [6.07, 6.45) is -1.78. The van der Waals surface area contributed by atoms with Gasteiger partial charge in [-0.05, 0) is 24.6 Å². The van der Waals surface area contributed by atoms with Crippen LogP contribution in [0.5, 0.6) is 5.75 Å². The first-order chi connectivity index (χ1) is 6.97. The highest BCUT2D eigenvalue weighted by Gasteiger charge is 2.22. The van der Waals surface area contributed by atoms with Gasteiger partial charge in [0.15, 0.2) is 6.10 Å². The minimum atomic E-state index is -1.78. The Bertz CT molecular complexity index is 389. The van der Waals surface area contributed by atoms with Crippen molar-refractivity contribution in [3.63, 3.8) is 0 Å². The van der Waals surface area contributed by atoms with Gasteiger partial charge in [0.25, 0.3) is 0 Å². The Hall–Kier alpha value is -1.62. The predicted molar refractivity (Wildman–Crippen MR) is 50.3 cm³/mol. The number of carbonyl (C=O) groups is 1. The van der Waals surface area contributed by atoms with Crippen LogP contribution < -0.4 is 4.74 Å². The number of aliphatic hydroxyl groups excluding tert-OH is 1. The maximum Gasteiger partial charge on any atom is 0.337 e. The average Bonchev–Trinajstić information content (AvgIpc) is 2.15. The molecule has 0 radical (unpaired) electrons. The number of rotatable bonds is 3. The van der Waals surface area contributed by atoms with Crippen molar-refractivity contribution in [2.75, 3.05) is 7.11 Å². The molecule has 15 heavy (non-hydrogen) atoms. The second kappa shape index (κ2) is 4.27. The topological polar surface area (TPSA) is 66.8 Å². The zero-order chi connectivity index (χ0) is 11.6. The molecular weight excluding hydrogens is 203 g/mol. The van der Waals surface area contributed by atoms with Crippen molar-refractivity contribution in [1.82, 2.24) is 0 Å². The predicted octanol–water partition coefficient (Wildman–Crippen LogP) is 1.26. The number of hydrogen-bond donors (Lipinski definition) is 2. The minimum Gasteiger partial charge on any atom is -0.496 e. The van der Waals surface area contributed by atoms with Crippen molar-refractivity contribution in [1.29, 1.82) is 0 Å². The molecule has 1 unspecified atom stereocenters. The molecule has 0 heterocycles. The van der Waals surface area contributed by atoms with Gasteiger partial charge in [0.05, 0.1) is 7.11 Å². The summed E-state index contributed by atoms with van der Waals surface area (Å²) in [5, 5.41) is 17.9.